The molecule has 0 aliphatic carbocycles. The third-order valence-electron chi connectivity index (χ3n) is 2.99. The van der Waals surface area contributed by atoms with Crippen molar-refractivity contribution in [1.82, 2.24) is 4.98 Å². The number of pyridine rings is 1. The molecule has 1 heterocycles. The first-order chi connectivity index (χ1) is 9.08. The quantitative estimate of drug-likeness (QED) is 0.918. The number of aliphatic hydroxyl groups is 1. The number of aromatic nitrogens is 1. The molecule has 100 valence electrons. The van der Waals surface area contributed by atoms with Crippen LogP contribution in [0.4, 0.5) is 10.1 Å². The summed E-state index contributed by atoms with van der Waals surface area (Å²) in [5.41, 5.74) is 2.47. The van der Waals surface area contributed by atoms with Gasteiger partial charge in [0.15, 0.2) is 0 Å². The summed E-state index contributed by atoms with van der Waals surface area (Å²) in [6, 6.07) is 8.33. The van der Waals surface area contributed by atoms with Crippen LogP contribution in [0.2, 0.25) is 0 Å². The van der Waals surface area contributed by atoms with Crippen LogP contribution in [0.5, 0.6) is 0 Å². The van der Waals surface area contributed by atoms with Gasteiger partial charge in [-0.2, -0.15) is 0 Å². The first kappa shape index (κ1) is 13.5. The summed E-state index contributed by atoms with van der Waals surface area (Å²) >= 11 is 0. The first-order valence-electron chi connectivity index (χ1n) is 6.15. The van der Waals surface area contributed by atoms with E-state index in [2.05, 4.69) is 4.98 Å². The van der Waals surface area contributed by atoms with Gasteiger partial charge in [-0.1, -0.05) is 6.07 Å². The molecule has 0 aliphatic rings. The molecule has 2 aromatic rings. The van der Waals surface area contributed by atoms with Crippen LogP contribution in [-0.2, 0) is 6.54 Å². The third-order valence-corrected chi connectivity index (χ3v) is 2.99. The third kappa shape index (κ3) is 3.29. The van der Waals surface area contributed by atoms with Crippen molar-refractivity contribution in [2.24, 2.45) is 0 Å². The summed E-state index contributed by atoms with van der Waals surface area (Å²) in [5.74, 6) is -0.338. The second-order valence-corrected chi connectivity index (χ2v) is 4.60. The second-order valence-electron chi connectivity index (χ2n) is 4.60. The van der Waals surface area contributed by atoms with Gasteiger partial charge >= 0.3 is 0 Å². The minimum absolute atomic E-state index is 0.338. The van der Waals surface area contributed by atoms with E-state index in [-0.39, 0.29) is 5.82 Å². The lowest BCUT2D eigenvalue weighted by atomic mass is 10.1. The minimum Gasteiger partial charge on any atom is -0.389 e. The molecule has 0 spiro atoms. The van der Waals surface area contributed by atoms with Crippen molar-refractivity contribution in [3.05, 3.63) is 59.7 Å². The normalized spacial score (nSPS) is 12.2. The van der Waals surface area contributed by atoms with Crippen molar-refractivity contribution < 1.29 is 9.50 Å². The fraction of sp³-hybridized carbons (Fsp3) is 0.267. The number of halogens is 1. The van der Waals surface area contributed by atoms with Crippen LogP contribution in [-0.4, -0.2) is 17.1 Å². The lowest BCUT2D eigenvalue weighted by Crippen LogP contribution is -2.18. The molecular weight excluding hydrogens is 243 g/mol. The van der Waals surface area contributed by atoms with Gasteiger partial charge in [-0.05, 0) is 36.8 Å². The summed E-state index contributed by atoms with van der Waals surface area (Å²) in [5, 5.41) is 9.74. The fourth-order valence-corrected chi connectivity index (χ4v) is 2.06. The topological polar surface area (TPSA) is 36.4 Å². The van der Waals surface area contributed by atoms with Gasteiger partial charge in [0.2, 0.25) is 0 Å². The summed E-state index contributed by atoms with van der Waals surface area (Å²) in [7, 11) is 1.91. The number of aliphatic hydroxyl groups excluding tert-OH is 1. The van der Waals surface area contributed by atoms with Crippen molar-refractivity contribution in [2.75, 3.05) is 11.9 Å². The average Bonchev–Trinajstić information content (AvgIpc) is 2.39. The Hall–Kier alpha value is -1.94. The molecule has 0 saturated heterocycles. The SMILES string of the molecule is C[C@H](O)c1cc(F)ccc1N(C)Cc1cccnc1. The van der Waals surface area contributed by atoms with Gasteiger partial charge in [0.05, 0.1) is 6.10 Å². The molecular formula is C15H17FN2O. The zero-order valence-corrected chi connectivity index (χ0v) is 11.0. The van der Waals surface area contributed by atoms with Gasteiger partial charge in [-0.25, -0.2) is 4.39 Å². The highest BCUT2D eigenvalue weighted by Gasteiger charge is 2.13. The van der Waals surface area contributed by atoms with Crippen LogP contribution in [0.15, 0.2) is 42.7 Å². The van der Waals surface area contributed by atoms with Crippen molar-refractivity contribution >= 4 is 5.69 Å². The molecule has 0 fully saturated rings. The van der Waals surface area contributed by atoms with Gasteiger partial charge in [-0.15, -0.1) is 0 Å². The Morgan fingerprint density at radius 1 is 1.37 bits per heavy atom. The Bertz CT molecular complexity index is 543. The van der Waals surface area contributed by atoms with E-state index >= 15 is 0 Å². The molecule has 1 atom stereocenters. The first-order valence-corrected chi connectivity index (χ1v) is 6.15. The summed E-state index contributed by atoms with van der Waals surface area (Å²) < 4.78 is 13.3. The molecule has 0 saturated carbocycles. The maximum Gasteiger partial charge on any atom is 0.123 e. The van der Waals surface area contributed by atoms with Crippen LogP contribution in [0.25, 0.3) is 0 Å². The Balaban J connectivity index is 2.26. The maximum atomic E-state index is 13.3. The molecule has 0 radical (unpaired) electrons. The predicted octanol–water partition coefficient (Wildman–Crippen LogP) is 2.91. The Morgan fingerprint density at radius 2 is 2.16 bits per heavy atom. The van der Waals surface area contributed by atoms with Gasteiger partial charge in [0.1, 0.15) is 5.82 Å². The van der Waals surface area contributed by atoms with E-state index in [0.29, 0.717) is 12.1 Å². The Kier molecular flexibility index (Phi) is 4.12. The number of hydrogen-bond donors (Lipinski definition) is 1. The highest BCUT2D eigenvalue weighted by molar-refractivity contribution is 5.54. The number of rotatable bonds is 4. The molecule has 4 heteroatoms. The number of nitrogens with zero attached hydrogens (tertiary/aromatic N) is 2. The highest BCUT2D eigenvalue weighted by Crippen LogP contribution is 2.27. The summed E-state index contributed by atoms with van der Waals surface area (Å²) in [6.07, 6.45) is 2.81. The smallest absolute Gasteiger partial charge is 0.123 e. The van der Waals surface area contributed by atoms with Crippen LogP contribution < -0.4 is 4.90 Å². The van der Waals surface area contributed by atoms with Crippen LogP contribution in [0, 0.1) is 5.82 Å². The summed E-state index contributed by atoms with van der Waals surface area (Å²) in [6.45, 7) is 2.29. The summed E-state index contributed by atoms with van der Waals surface area (Å²) in [4.78, 5) is 6.04. The van der Waals surface area contributed by atoms with Gasteiger partial charge in [0, 0.05) is 37.2 Å². The maximum absolute atomic E-state index is 13.3. The lowest BCUT2D eigenvalue weighted by molar-refractivity contribution is 0.199. The molecule has 2 rings (SSSR count). The van der Waals surface area contributed by atoms with Gasteiger partial charge in [0.25, 0.3) is 0 Å². The number of anilines is 1. The van der Waals surface area contributed by atoms with Crippen molar-refractivity contribution in [2.45, 2.75) is 19.6 Å². The van der Waals surface area contributed by atoms with Crippen molar-refractivity contribution in [3.8, 4) is 0 Å². The zero-order valence-electron chi connectivity index (χ0n) is 11.0. The van der Waals surface area contributed by atoms with Gasteiger partial charge < -0.3 is 10.0 Å². The Labute approximate surface area is 112 Å². The molecule has 3 nitrogen and oxygen atoms in total. The molecule has 1 aromatic heterocycles. The molecule has 0 aliphatic heterocycles. The molecule has 1 aromatic carbocycles. The monoisotopic (exact) mass is 260 g/mol. The molecule has 19 heavy (non-hydrogen) atoms. The average molecular weight is 260 g/mol. The zero-order chi connectivity index (χ0) is 13.8. The number of benzene rings is 1. The second kappa shape index (κ2) is 5.80. The van der Waals surface area contributed by atoms with E-state index in [9.17, 15) is 9.50 Å². The molecule has 1 N–H and O–H groups in total. The van der Waals surface area contributed by atoms with Crippen LogP contribution in [0.3, 0.4) is 0 Å². The standard InChI is InChI=1S/C15H17FN2O/c1-11(19)14-8-13(16)5-6-15(14)18(2)10-12-4-3-7-17-9-12/h3-9,11,19H,10H2,1-2H3/t11-/m0/s1. The van der Waals surface area contributed by atoms with Crippen molar-refractivity contribution in [3.63, 3.8) is 0 Å². The van der Waals surface area contributed by atoms with E-state index in [4.69, 9.17) is 0 Å². The van der Waals surface area contributed by atoms with Crippen LogP contribution >= 0.6 is 0 Å². The minimum atomic E-state index is -0.706. The highest BCUT2D eigenvalue weighted by atomic mass is 19.1. The van der Waals surface area contributed by atoms with E-state index in [1.54, 1.807) is 25.4 Å². The fourth-order valence-electron chi connectivity index (χ4n) is 2.06. The molecule has 0 unspecified atom stereocenters. The lowest BCUT2D eigenvalue weighted by Gasteiger charge is -2.23. The number of hydrogen-bond acceptors (Lipinski definition) is 3. The predicted molar refractivity (Wildman–Crippen MR) is 73.4 cm³/mol. The largest absolute Gasteiger partial charge is 0.389 e. The van der Waals surface area contributed by atoms with E-state index in [1.165, 1.54) is 12.1 Å². The van der Waals surface area contributed by atoms with Crippen molar-refractivity contribution in [1.29, 1.82) is 0 Å². The Morgan fingerprint density at radius 3 is 2.79 bits per heavy atom. The molecule has 0 amide bonds. The van der Waals surface area contributed by atoms with E-state index in [1.807, 2.05) is 24.1 Å². The van der Waals surface area contributed by atoms with E-state index in [0.717, 1.165) is 11.3 Å². The molecule has 0 bridgehead atoms. The van der Waals surface area contributed by atoms with Gasteiger partial charge in [-0.3, -0.25) is 4.98 Å². The van der Waals surface area contributed by atoms with Crippen LogP contribution in [0.1, 0.15) is 24.2 Å². The van der Waals surface area contributed by atoms with E-state index < -0.39 is 6.10 Å².